The first-order valence-corrected chi connectivity index (χ1v) is 8.35. The molecule has 2 heterocycles. The second kappa shape index (κ2) is 7.31. The molecular formula is C18H19F3N4O. The fourth-order valence-corrected chi connectivity index (χ4v) is 3.08. The summed E-state index contributed by atoms with van der Waals surface area (Å²) in [6, 6.07) is 6.24. The zero-order valence-electron chi connectivity index (χ0n) is 14.3. The zero-order chi connectivity index (χ0) is 18.7. The minimum absolute atomic E-state index is 0.238. The Kier molecular flexibility index (Phi) is 5.11. The highest BCUT2D eigenvalue weighted by Gasteiger charge is 2.31. The summed E-state index contributed by atoms with van der Waals surface area (Å²) < 4.78 is 37.9. The number of rotatable bonds is 3. The third-order valence-corrected chi connectivity index (χ3v) is 4.56. The van der Waals surface area contributed by atoms with Gasteiger partial charge in [-0.1, -0.05) is 0 Å². The van der Waals surface area contributed by atoms with Gasteiger partial charge in [0.15, 0.2) is 0 Å². The summed E-state index contributed by atoms with van der Waals surface area (Å²) in [6.45, 7) is 1.09. The minimum atomic E-state index is -4.40. The van der Waals surface area contributed by atoms with Gasteiger partial charge in [0.1, 0.15) is 0 Å². The molecule has 138 valence electrons. The van der Waals surface area contributed by atoms with E-state index in [9.17, 15) is 18.0 Å². The molecule has 0 aliphatic carbocycles. The summed E-state index contributed by atoms with van der Waals surface area (Å²) in [6.07, 6.45) is -1.18. The van der Waals surface area contributed by atoms with Gasteiger partial charge >= 0.3 is 6.18 Å². The molecule has 0 bridgehead atoms. The Morgan fingerprint density at radius 3 is 2.38 bits per heavy atom. The molecule has 5 nitrogen and oxygen atoms in total. The molecule has 1 aromatic carbocycles. The first-order chi connectivity index (χ1) is 12.4. The average Bonchev–Trinajstić information content (AvgIpc) is 2.67. The molecule has 2 aromatic rings. The Bertz CT molecular complexity index is 769. The SMILES string of the molecule is CNc1nccc(C2CCN(C(=O)c3ccc(C(F)(F)F)cc3)CC2)n1. The highest BCUT2D eigenvalue weighted by Crippen LogP contribution is 2.30. The Balaban J connectivity index is 1.63. The maximum Gasteiger partial charge on any atom is 0.416 e. The number of nitrogens with zero attached hydrogens (tertiary/aromatic N) is 3. The Labute approximate surface area is 149 Å². The van der Waals surface area contributed by atoms with Crippen molar-refractivity contribution < 1.29 is 18.0 Å². The third kappa shape index (κ3) is 3.95. The van der Waals surface area contributed by atoms with Gasteiger partial charge in [-0.3, -0.25) is 4.79 Å². The monoisotopic (exact) mass is 364 g/mol. The molecule has 0 spiro atoms. The van der Waals surface area contributed by atoms with Crippen LogP contribution in [0.1, 0.15) is 40.4 Å². The number of piperidine rings is 1. The maximum atomic E-state index is 12.6. The lowest BCUT2D eigenvalue weighted by molar-refractivity contribution is -0.137. The van der Waals surface area contributed by atoms with Crippen molar-refractivity contribution in [1.82, 2.24) is 14.9 Å². The van der Waals surface area contributed by atoms with Gasteiger partial charge in [0.2, 0.25) is 5.95 Å². The van der Waals surface area contributed by atoms with Crippen molar-refractivity contribution >= 4 is 11.9 Å². The van der Waals surface area contributed by atoms with Crippen LogP contribution in [-0.2, 0) is 6.18 Å². The molecule has 0 unspecified atom stereocenters. The largest absolute Gasteiger partial charge is 0.416 e. The van der Waals surface area contributed by atoms with Crippen molar-refractivity contribution in [2.75, 3.05) is 25.5 Å². The van der Waals surface area contributed by atoms with Crippen molar-refractivity contribution in [2.24, 2.45) is 0 Å². The molecule has 1 aliphatic heterocycles. The summed E-state index contributed by atoms with van der Waals surface area (Å²) in [4.78, 5) is 22.7. The molecule has 0 atom stereocenters. The molecule has 1 aromatic heterocycles. The van der Waals surface area contributed by atoms with Gasteiger partial charge in [0, 0.05) is 43.5 Å². The molecule has 1 saturated heterocycles. The van der Waals surface area contributed by atoms with E-state index >= 15 is 0 Å². The smallest absolute Gasteiger partial charge is 0.357 e. The number of alkyl halides is 3. The molecule has 0 radical (unpaired) electrons. The van der Waals surface area contributed by atoms with Gasteiger partial charge in [0.25, 0.3) is 5.91 Å². The van der Waals surface area contributed by atoms with E-state index in [1.165, 1.54) is 12.1 Å². The second-order valence-electron chi connectivity index (χ2n) is 6.20. The number of benzene rings is 1. The van der Waals surface area contributed by atoms with E-state index in [4.69, 9.17) is 0 Å². The number of carbonyl (C=O) groups is 1. The van der Waals surface area contributed by atoms with Gasteiger partial charge in [-0.25, -0.2) is 9.97 Å². The lowest BCUT2D eigenvalue weighted by atomic mass is 9.93. The number of nitrogens with one attached hydrogen (secondary N) is 1. The van der Waals surface area contributed by atoms with Crippen LogP contribution in [0.5, 0.6) is 0 Å². The van der Waals surface area contributed by atoms with Gasteiger partial charge in [-0.2, -0.15) is 13.2 Å². The zero-order valence-corrected chi connectivity index (χ0v) is 14.3. The van der Waals surface area contributed by atoms with Crippen LogP contribution in [0, 0.1) is 0 Å². The highest BCUT2D eigenvalue weighted by molar-refractivity contribution is 5.94. The first kappa shape index (κ1) is 18.2. The fourth-order valence-electron chi connectivity index (χ4n) is 3.08. The van der Waals surface area contributed by atoms with Crippen LogP contribution in [-0.4, -0.2) is 40.9 Å². The second-order valence-corrected chi connectivity index (χ2v) is 6.20. The number of carbonyl (C=O) groups excluding carboxylic acids is 1. The predicted molar refractivity (Wildman–Crippen MR) is 90.9 cm³/mol. The van der Waals surface area contributed by atoms with Crippen molar-refractivity contribution in [2.45, 2.75) is 24.9 Å². The molecule has 0 saturated carbocycles. The first-order valence-electron chi connectivity index (χ1n) is 8.35. The Morgan fingerprint density at radius 1 is 1.15 bits per heavy atom. The molecule has 1 fully saturated rings. The van der Waals surface area contributed by atoms with E-state index in [2.05, 4.69) is 15.3 Å². The Morgan fingerprint density at radius 2 is 1.81 bits per heavy atom. The van der Waals surface area contributed by atoms with Crippen LogP contribution in [0.2, 0.25) is 0 Å². The Hall–Kier alpha value is -2.64. The lowest BCUT2D eigenvalue weighted by Crippen LogP contribution is -2.38. The van der Waals surface area contributed by atoms with Gasteiger partial charge < -0.3 is 10.2 Å². The molecular weight excluding hydrogens is 345 g/mol. The van der Waals surface area contributed by atoms with E-state index in [0.29, 0.717) is 19.0 Å². The number of amides is 1. The van der Waals surface area contributed by atoms with Crippen molar-refractivity contribution in [3.63, 3.8) is 0 Å². The van der Waals surface area contributed by atoms with E-state index in [0.717, 1.165) is 30.7 Å². The van der Waals surface area contributed by atoms with Crippen LogP contribution >= 0.6 is 0 Å². The number of aromatic nitrogens is 2. The molecule has 1 amide bonds. The van der Waals surface area contributed by atoms with Crippen molar-refractivity contribution in [1.29, 1.82) is 0 Å². The summed E-state index contributed by atoms with van der Waals surface area (Å²) in [7, 11) is 1.75. The van der Waals surface area contributed by atoms with Gasteiger partial charge in [0.05, 0.1) is 5.56 Å². The number of halogens is 3. The van der Waals surface area contributed by atoms with Gasteiger partial charge in [-0.15, -0.1) is 0 Å². The normalized spacial score (nSPS) is 15.8. The van der Waals surface area contributed by atoms with E-state index in [1.54, 1.807) is 18.1 Å². The van der Waals surface area contributed by atoms with E-state index in [-0.39, 0.29) is 17.4 Å². The molecule has 1 aliphatic rings. The third-order valence-electron chi connectivity index (χ3n) is 4.56. The topological polar surface area (TPSA) is 58.1 Å². The standard InChI is InChI=1S/C18H19F3N4O/c1-22-17-23-9-6-15(24-17)12-7-10-25(11-8-12)16(26)13-2-4-14(5-3-13)18(19,20)21/h2-6,9,12H,7-8,10-11H2,1H3,(H,22,23,24). The number of anilines is 1. The molecule has 26 heavy (non-hydrogen) atoms. The summed E-state index contributed by atoms with van der Waals surface area (Å²) >= 11 is 0. The fraction of sp³-hybridized carbons (Fsp3) is 0.389. The number of hydrogen-bond acceptors (Lipinski definition) is 4. The quantitative estimate of drug-likeness (QED) is 0.905. The summed E-state index contributed by atoms with van der Waals surface area (Å²) in [5.74, 6) is 0.559. The highest BCUT2D eigenvalue weighted by atomic mass is 19.4. The lowest BCUT2D eigenvalue weighted by Gasteiger charge is -2.32. The van der Waals surface area contributed by atoms with E-state index in [1.807, 2.05) is 6.07 Å². The van der Waals surface area contributed by atoms with Crippen molar-refractivity contribution in [3.8, 4) is 0 Å². The molecule has 3 rings (SSSR count). The minimum Gasteiger partial charge on any atom is -0.357 e. The van der Waals surface area contributed by atoms with Crippen LogP contribution in [0.3, 0.4) is 0 Å². The average molecular weight is 364 g/mol. The van der Waals surface area contributed by atoms with Crippen molar-refractivity contribution in [3.05, 3.63) is 53.3 Å². The molecule has 8 heteroatoms. The van der Waals surface area contributed by atoms with Crippen LogP contribution in [0.15, 0.2) is 36.5 Å². The number of likely N-dealkylation sites (tertiary alicyclic amines) is 1. The molecule has 1 N–H and O–H groups in total. The number of hydrogen-bond donors (Lipinski definition) is 1. The van der Waals surface area contributed by atoms with Crippen LogP contribution in [0.4, 0.5) is 19.1 Å². The maximum absolute atomic E-state index is 12.6. The predicted octanol–water partition coefficient (Wildman–Crippen LogP) is 3.56. The summed E-state index contributed by atoms with van der Waals surface area (Å²) in [5.41, 5.74) is 0.457. The van der Waals surface area contributed by atoms with Crippen LogP contribution < -0.4 is 5.32 Å². The van der Waals surface area contributed by atoms with E-state index < -0.39 is 11.7 Å². The van der Waals surface area contributed by atoms with Gasteiger partial charge in [-0.05, 0) is 43.2 Å². The van der Waals surface area contributed by atoms with Crippen LogP contribution in [0.25, 0.3) is 0 Å². The summed E-state index contributed by atoms with van der Waals surface area (Å²) in [5, 5.41) is 2.90.